The van der Waals surface area contributed by atoms with Gasteiger partial charge in [-0.05, 0) is 60.0 Å². The second-order valence-corrected chi connectivity index (χ2v) is 10.9. The fraction of sp³-hybridized carbons (Fsp3) is 0.200. The summed E-state index contributed by atoms with van der Waals surface area (Å²) in [5.74, 6) is -0.286. The van der Waals surface area contributed by atoms with E-state index in [-0.39, 0.29) is 11.8 Å². The van der Waals surface area contributed by atoms with Crippen molar-refractivity contribution in [3.8, 4) is 10.6 Å². The number of nitrogens with one attached hydrogen (secondary N) is 1. The van der Waals surface area contributed by atoms with Gasteiger partial charge in [-0.15, -0.1) is 11.3 Å². The summed E-state index contributed by atoms with van der Waals surface area (Å²) < 4.78 is 27.8. The Labute approximate surface area is 197 Å². The average molecular weight is 478 g/mol. The summed E-state index contributed by atoms with van der Waals surface area (Å²) in [6.07, 6.45) is 2.76. The largest absolute Gasteiger partial charge is 0.326 e. The standard InChI is InChI=1S/C25H23N3O3S2/c29-24(27-22-8-5-20(6-9-22)25-26-13-16-32-25)19-11-14-28(15-12-19)33(30,31)23-10-7-18-3-1-2-4-21(18)17-23/h1-10,13,16-17,19H,11-12,14-15H2,(H,27,29). The van der Waals surface area contributed by atoms with Crippen molar-refractivity contribution in [2.45, 2.75) is 17.7 Å². The summed E-state index contributed by atoms with van der Waals surface area (Å²) in [5, 5.41) is 7.73. The smallest absolute Gasteiger partial charge is 0.243 e. The van der Waals surface area contributed by atoms with E-state index in [9.17, 15) is 13.2 Å². The molecule has 4 aromatic rings. The summed E-state index contributed by atoms with van der Waals surface area (Å²) >= 11 is 1.57. The molecule has 0 radical (unpaired) electrons. The number of fused-ring (bicyclic) bond motifs is 1. The van der Waals surface area contributed by atoms with E-state index in [1.165, 1.54) is 4.31 Å². The first-order valence-corrected chi connectivity index (χ1v) is 13.1. The summed E-state index contributed by atoms with van der Waals surface area (Å²) in [6.45, 7) is 0.659. The molecule has 6 nitrogen and oxygen atoms in total. The Hall–Kier alpha value is -3.07. The van der Waals surface area contributed by atoms with E-state index in [4.69, 9.17) is 0 Å². The lowest BCUT2D eigenvalue weighted by atomic mass is 9.97. The number of carbonyl (C=O) groups excluding carboxylic acids is 1. The van der Waals surface area contributed by atoms with E-state index in [2.05, 4.69) is 10.3 Å². The Bertz CT molecular complexity index is 1380. The van der Waals surface area contributed by atoms with Crippen molar-refractivity contribution in [2.24, 2.45) is 5.92 Å². The molecule has 8 heteroatoms. The number of anilines is 1. The van der Waals surface area contributed by atoms with Gasteiger partial charge in [0.2, 0.25) is 15.9 Å². The lowest BCUT2D eigenvalue weighted by Crippen LogP contribution is -2.41. The molecule has 5 rings (SSSR count). The lowest BCUT2D eigenvalue weighted by Gasteiger charge is -2.30. The maximum Gasteiger partial charge on any atom is 0.243 e. The quantitative estimate of drug-likeness (QED) is 0.439. The summed E-state index contributed by atoms with van der Waals surface area (Å²) in [4.78, 5) is 17.4. The highest BCUT2D eigenvalue weighted by Crippen LogP contribution is 2.28. The van der Waals surface area contributed by atoms with Crippen LogP contribution in [0.2, 0.25) is 0 Å². The van der Waals surface area contributed by atoms with E-state index in [0.29, 0.717) is 30.8 Å². The molecule has 3 aromatic carbocycles. The van der Waals surface area contributed by atoms with Gasteiger partial charge in [-0.25, -0.2) is 13.4 Å². The topological polar surface area (TPSA) is 79.4 Å². The van der Waals surface area contributed by atoms with Gasteiger partial charge in [0.25, 0.3) is 0 Å². The molecule has 0 spiro atoms. The Morgan fingerprint density at radius 2 is 1.70 bits per heavy atom. The number of piperidine rings is 1. The van der Waals surface area contributed by atoms with E-state index in [0.717, 1.165) is 27.0 Å². The van der Waals surface area contributed by atoms with Crippen molar-refractivity contribution in [1.29, 1.82) is 0 Å². The normalized spacial score (nSPS) is 15.5. The van der Waals surface area contributed by atoms with Crippen molar-refractivity contribution >= 4 is 43.7 Å². The third-order valence-electron chi connectivity index (χ3n) is 6.02. The first-order valence-electron chi connectivity index (χ1n) is 10.8. The number of carbonyl (C=O) groups is 1. The fourth-order valence-electron chi connectivity index (χ4n) is 4.14. The molecule has 0 unspecified atom stereocenters. The number of amides is 1. The Kier molecular flexibility index (Phi) is 5.97. The number of benzene rings is 3. The molecular formula is C25H23N3O3S2. The summed E-state index contributed by atoms with van der Waals surface area (Å²) in [7, 11) is -3.59. The van der Waals surface area contributed by atoms with Gasteiger partial charge in [-0.2, -0.15) is 4.31 Å². The molecule has 1 amide bonds. The Morgan fingerprint density at radius 3 is 2.39 bits per heavy atom. The summed E-state index contributed by atoms with van der Waals surface area (Å²) in [6, 6.07) is 20.5. The van der Waals surface area contributed by atoms with E-state index >= 15 is 0 Å². The van der Waals surface area contributed by atoms with Crippen molar-refractivity contribution in [1.82, 2.24) is 9.29 Å². The number of hydrogen-bond acceptors (Lipinski definition) is 5. The zero-order valence-corrected chi connectivity index (χ0v) is 19.5. The lowest BCUT2D eigenvalue weighted by molar-refractivity contribution is -0.120. The van der Waals surface area contributed by atoms with Crippen molar-refractivity contribution < 1.29 is 13.2 Å². The zero-order valence-electron chi connectivity index (χ0n) is 17.8. The van der Waals surface area contributed by atoms with Gasteiger partial charge in [-0.1, -0.05) is 30.3 Å². The van der Waals surface area contributed by atoms with Crippen LogP contribution in [0.25, 0.3) is 21.3 Å². The third-order valence-corrected chi connectivity index (χ3v) is 8.73. The minimum Gasteiger partial charge on any atom is -0.326 e. The monoisotopic (exact) mass is 477 g/mol. The highest BCUT2D eigenvalue weighted by atomic mass is 32.2. The van der Waals surface area contributed by atoms with Crippen LogP contribution in [-0.4, -0.2) is 36.7 Å². The van der Waals surface area contributed by atoms with Crippen LogP contribution in [0.3, 0.4) is 0 Å². The molecule has 1 N–H and O–H groups in total. The maximum absolute atomic E-state index is 13.1. The molecule has 1 saturated heterocycles. The molecule has 0 atom stereocenters. The SMILES string of the molecule is O=C(Nc1ccc(-c2nccs2)cc1)C1CCN(S(=O)(=O)c2ccc3ccccc3c2)CC1. The molecule has 1 aromatic heterocycles. The number of aromatic nitrogens is 1. The molecule has 1 fully saturated rings. The summed E-state index contributed by atoms with van der Waals surface area (Å²) in [5.41, 5.74) is 1.74. The molecule has 1 aliphatic heterocycles. The van der Waals surface area contributed by atoms with E-state index in [1.54, 1.807) is 29.7 Å². The maximum atomic E-state index is 13.1. The Morgan fingerprint density at radius 1 is 0.970 bits per heavy atom. The predicted molar refractivity (Wildman–Crippen MR) is 132 cm³/mol. The highest BCUT2D eigenvalue weighted by Gasteiger charge is 2.32. The van der Waals surface area contributed by atoms with Crippen LogP contribution >= 0.6 is 11.3 Å². The van der Waals surface area contributed by atoms with Gasteiger partial charge in [0.1, 0.15) is 5.01 Å². The minimum atomic E-state index is -3.59. The van der Waals surface area contributed by atoms with Gasteiger partial charge in [0.15, 0.2) is 0 Å². The fourth-order valence-corrected chi connectivity index (χ4v) is 6.29. The van der Waals surface area contributed by atoms with Gasteiger partial charge in [0.05, 0.1) is 4.90 Å². The molecule has 0 saturated carbocycles. The van der Waals surface area contributed by atoms with Crippen molar-refractivity contribution in [3.05, 3.63) is 78.3 Å². The van der Waals surface area contributed by atoms with E-state index < -0.39 is 10.0 Å². The molecule has 1 aliphatic rings. The van der Waals surface area contributed by atoms with Gasteiger partial charge in [-0.3, -0.25) is 4.79 Å². The number of thiazole rings is 1. The Balaban J connectivity index is 1.21. The number of hydrogen-bond donors (Lipinski definition) is 1. The number of nitrogens with zero attached hydrogens (tertiary/aromatic N) is 2. The molecule has 33 heavy (non-hydrogen) atoms. The minimum absolute atomic E-state index is 0.0697. The van der Waals surface area contributed by atoms with Crippen molar-refractivity contribution in [3.63, 3.8) is 0 Å². The highest BCUT2D eigenvalue weighted by molar-refractivity contribution is 7.89. The number of sulfonamides is 1. The number of rotatable bonds is 5. The molecule has 0 bridgehead atoms. The first kappa shape index (κ1) is 21.8. The van der Waals surface area contributed by atoms with Crippen LogP contribution in [0.4, 0.5) is 5.69 Å². The molecule has 168 valence electrons. The van der Waals surface area contributed by atoms with Crippen LogP contribution in [-0.2, 0) is 14.8 Å². The zero-order chi connectivity index (χ0) is 22.8. The van der Waals surface area contributed by atoms with Gasteiger partial charge in [0, 0.05) is 41.8 Å². The average Bonchev–Trinajstić information content (AvgIpc) is 3.39. The second kappa shape index (κ2) is 9.05. The van der Waals surface area contributed by atoms with Crippen LogP contribution < -0.4 is 5.32 Å². The van der Waals surface area contributed by atoms with Crippen molar-refractivity contribution in [2.75, 3.05) is 18.4 Å². The van der Waals surface area contributed by atoms with Crippen LogP contribution in [0.5, 0.6) is 0 Å². The molecular weight excluding hydrogens is 454 g/mol. The van der Waals surface area contributed by atoms with Crippen LogP contribution in [0.15, 0.2) is 83.2 Å². The first-order chi connectivity index (χ1) is 16.0. The molecule has 2 heterocycles. The van der Waals surface area contributed by atoms with Crippen LogP contribution in [0, 0.1) is 5.92 Å². The van der Waals surface area contributed by atoms with Crippen LogP contribution in [0.1, 0.15) is 12.8 Å². The van der Waals surface area contributed by atoms with Gasteiger partial charge >= 0.3 is 0 Å². The third kappa shape index (κ3) is 4.55. The second-order valence-electron chi connectivity index (χ2n) is 8.09. The molecule has 0 aliphatic carbocycles. The van der Waals surface area contributed by atoms with Gasteiger partial charge < -0.3 is 5.32 Å². The predicted octanol–water partition coefficient (Wildman–Crippen LogP) is 5.00. The van der Waals surface area contributed by atoms with E-state index in [1.807, 2.05) is 60.0 Å².